The number of benzene rings is 2. The van der Waals surface area contributed by atoms with Gasteiger partial charge in [-0.25, -0.2) is 0 Å². The Balaban J connectivity index is 1.72. The van der Waals surface area contributed by atoms with Crippen LogP contribution in [0.25, 0.3) is 0 Å². The van der Waals surface area contributed by atoms with Gasteiger partial charge in [0.05, 0.1) is 17.2 Å². The van der Waals surface area contributed by atoms with Gasteiger partial charge in [-0.3, -0.25) is 9.59 Å². The van der Waals surface area contributed by atoms with Crippen LogP contribution in [0.2, 0.25) is 0 Å². The monoisotopic (exact) mass is 391 g/mol. The van der Waals surface area contributed by atoms with Gasteiger partial charge < -0.3 is 20.5 Å². The van der Waals surface area contributed by atoms with Crippen molar-refractivity contribution in [1.82, 2.24) is 5.32 Å². The zero-order valence-corrected chi connectivity index (χ0v) is 16.2. The largest absolute Gasteiger partial charge is 0.550 e. The lowest BCUT2D eigenvalue weighted by Gasteiger charge is -2.28. The van der Waals surface area contributed by atoms with E-state index in [4.69, 9.17) is 0 Å². The van der Waals surface area contributed by atoms with Crippen molar-refractivity contribution in [2.24, 2.45) is 11.8 Å². The number of aliphatic carboxylic acids is 1. The summed E-state index contributed by atoms with van der Waals surface area (Å²) in [5.41, 5.74) is 2.76. The van der Waals surface area contributed by atoms with Crippen molar-refractivity contribution in [1.29, 1.82) is 0 Å². The first-order chi connectivity index (χ1) is 14.0. The fourth-order valence-corrected chi connectivity index (χ4v) is 3.46. The van der Waals surface area contributed by atoms with E-state index in [1.54, 1.807) is 36.4 Å². The summed E-state index contributed by atoms with van der Waals surface area (Å²) in [5.74, 6) is -3.58. The molecular weight excluding hydrogens is 368 g/mol. The van der Waals surface area contributed by atoms with E-state index in [0.29, 0.717) is 24.2 Å². The van der Waals surface area contributed by atoms with Gasteiger partial charge in [-0.1, -0.05) is 48.6 Å². The number of hydrogen-bond donors (Lipinski definition) is 2. The molecule has 0 saturated carbocycles. The highest BCUT2D eigenvalue weighted by Crippen LogP contribution is 2.27. The molecule has 0 heterocycles. The second-order valence-electron chi connectivity index (χ2n) is 7.12. The van der Waals surface area contributed by atoms with E-state index < -0.39 is 23.7 Å². The Morgan fingerprint density at radius 2 is 1.62 bits per heavy atom. The highest BCUT2D eigenvalue weighted by atomic mass is 16.4. The first-order valence-electron chi connectivity index (χ1n) is 9.56. The molecule has 6 heteroatoms. The minimum Gasteiger partial charge on any atom is -0.550 e. The molecule has 2 atom stereocenters. The average molecular weight is 391 g/mol. The summed E-state index contributed by atoms with van der Waals surface area (Å²) in [6, 6.07) is 14.5. The Morgan fingerprint density at radius 1 is 0.966 bits per heavy atom. The third-order valence-electron chi connectivity index (χ3n) is 5.20. The Labute approximate surface area is 169 Å². The van der Waals surface area contributed by atoms with Crippen molar-refractivity contribution >= 4 is 23.5 Å². The highest BCUT2D eigenvalue weighted by molar-refractivity contribution is 6.04. The highest BCUT2D eigenvalue weighted by Gasteiger charge is 2.30. The number of para-hydroxylation sites is 1. The molecule has 150 valence electrons. The summed E-state index contributed by atoms with van der Waals surface area (Å²) in [5, 5.41) is 17.0. The van der Waals surface area contributed by atoms with Crippen LogP contribution in [-0.4, -0.2) is 17.8 Å². The number of rotatable bonds is 6. The van der Waals surface area contributed by atoms with Gasteiger partial charge in [0, 0.05) is 18.4 Å². The van der Waals surface area contributed by atoms with Crippen LogP contribution in [0.1, 0.15) is 34.3 Å². The maximum absolute atomic E-state index is 12.7. The van der Waals surface area contributed by atoms with Gasteiger partial charge in [0.25, 0.3) is 5.91 Å². The molecule has 1 aliphatic carbocycles. The SMILES string of the molecule is Cc1ccccc1CNC(=O)c1ccccc1NC(=O)C1CC=CCC1C(=O)[O-]. The van der Waals surface area contributed by atoms with Gasteiger partial charge in [-0.2, -0.15) is 0 Å². The number of anilines is 1. The number of nitrogens with one attached hydrogen (secondary N) is 2. The molecule has 29 heavy (non-hydrogen) atoms. The third-order valence-corrected chi connectivity index (χ3v) is 5.20. The molecule has 0 aliphatic heterocycles. The van der Waals surface area contributed by atoms with Crippen LogP contribution in [0.5, 0.6) is 0 Å². The van der Waals surface area contributed by atoms with Gasteiger partial charge in [-0.15, -0.1) is 0 Å². The van der Waals surface area contributed by atoms with Crippen molar-refractivity contribution in [3.8, 4) is 0 Å². The number of carbonyl (C=O) groups is 3. The molecule has 2 aromatic carbocycles. The van der Waals surface area contributed by atoms with Crippen molar-refractivity contribution in [3.05, 3.63) is 77.4 Å². The van der Waals surface area contributed by atoms with Gasteiger partial charge in [0.1, 0.15) is 0 Å². The molecule has 1 aliphatic rings. The summed E-state index contributed by atoms with van der Waals surface area (Å²) in [6.07, 6.45) is 4.13. The third kappa shape index (κ3) is 4.90. The standard InChI is InChI=1S/C23H24N2O4/c1-15-8-2-3-9-16(15)14-24-21(26)19-12-6-7-13-20(19)25-22(27)17-10-4-5-11-18(17)23(28)29/h2-9,12-13,17-18H,10-11,14H2,1H3,(H,24,26)(H,25,27)(H,28,29)/p-1. The molecule has 0 saturated heterocycles. The molecule has 2 N–H and O–H groups in total. The molecule has 0 radical (unpaired) electrons. The van der Waals surface area contributed by atoms with Crippen molar-refractivity contribution in [2.75, 3.05) is 5.32 Å². The van der Waals surface area contributed by atoms with E-state index in [9.17, 15) is 19.5 Å². The van der Waals surface area contributed by atoms with E-state index in [2.05, 4.69) is 10.6 Å². The Hall–Kier alpha value is -3.41. The lowest BCUT2D eigenvalue weighted by molar-refractivity contribution is -0.313. The molecule has 0 spiro atoms. The number of allylic oxidation sites excluding steroid dienone is 2. The van der Waals surface area contributed by atoms with Crippen LogP contribution >= 0.6 is 0 Å². The molecule has 0 aromatic heterocycles. The van der Waals surface area contributed by atoms with Crippen LogP contribution in [0.3, 0.4) is 0 Å². The molecule has 3 rings (SSSR count). The number of hydrogen-bond acceptors (Lipinski definition) is 4. The lowest BCUT2D eigenvalue weighted by atomic mass is 9.82. The van der Waals surface area contributed by atoms with Gasteiger partial charge >= 0.3 is 0 Å². The quantitative estimate of drug-likeness (QED) is 0.738. The normalized spacial score (nSPS) is 18.1. The van der Waals surface area contributed by atoms with E-state index in [1.807, 2.05) is 31.2 Å². The van der Waals surface area contributed by atoms with E-state index >= 15 is 0 Å². The maximum atomic E-state index is 12.7. The van der Waals surface area contributed by atoms with Gasteiger partial charge in [-0.05, 0) is 43.0 Å². The molecule has 0 fully saturated rings. The lowest BCUT2D eigenvalue weighted by Crippen LogP contribution is -2.41. The van der Waals surface area contributed by atoms with Crippen LogP contribution in [-0.2, 0) is 16.1 Å². The summed E-state index contributed by atoms with van der Waals surface area (Å²) in [6.45, 7) is 2.34. The Bertz CT molecular complexity index is 951. The average Bonchev–Trinajstić information content (AvgIpc) is 2.73. The van der Waals surface area contributed by atoms with Gasteiger partial charge in [0.2, 0.25) is 5.91 Å². The Morgan fingerprint density at radius 3 is 2.34 bits per heavy atom. The second-order valence-corrected chi connectivity index (χ2v) is 7.12. The molecule has 0 bridgehead atoms. The van der Waals surface area contributed by atoms with Crippen LogP contribution < -0.4 is 15.7 Å². The fraction of sp³-hybridized carbons (Fsp3) is 0.261. The van der Waals surface area contributed by atoms with E-state index in [-0.39, 0.29) is 12.3 Å². The second kappa shape index (κ2) is 9.19. The van der Waals surface area contributed by atoms with Crippen LogP contribution in [0.15, 0.2) is 60.7 Å². The van der Waals surface area contributed by atoms with Crippen molar-refractivity contribution < 1.29 is 19.5 Å². The fourth-order valence-electron chi connectivity index (χ4n) is 3.46. The molecule has 2 aromatic rings. The maximum Gasteiger partial charge on any atom is 0.253 e. The van der Waals surface area contributed by atoms with Gasteiger partial charge in [0.15, 0.2) is 0 Å². The number of carboxylic acids is 1. The smallest absolute Gasteiger partial charge is 0.253 e. The topological polar surface area (TPSA) is 98.3 Å². The number of amides is 2. The summed E-state index contributed by atoms with van der Waals surface area (Å²) in [4.78, 5) is 36.8. The molecule has 2 amide bonds. The molecular formula is C23H23N2O4-. The Kier molecular flexibility index (Phi) is 6.44. The zero-order valence-electron chi connectivity index (χ0n) is 16.2. The van der Waals surface area contributed by atoms with Crippen LogP contribution in [0, 0.1) is 18.8 Å². The first kappa shape index (κ1) is 20.3. The number of carbonyl (C=O) groups excluding carboxylic acids is 3. The van der Waals surface area contributed by atoms with Crippen molar-refractivity contribution in [2.45, 2.75) is 26.3 Å². The predicted molar refractivity (Wildman–Crippen MR) is 108 cm³/mol. The summed E-state index contributed by atoms with van der Waals surface area (Å²) in [7, 11) is 0. The van der Waals surface area contributed by atoms with E-state index in [0.717, 1.165) is 11.1 Å². The predicted octanol–water partition coefficient (Wildman–Crippen LogP) is 2.20. The molecule has 6 nitrogen and oxygen atoms in total. The van der Waals surface area contributed by atoms with Crippen LogP contribution in [0.4, 0.5) is 5.69 Å². The van der Waals surface area contributed by atoms with E-state index in [1.165, 1.54) is 0 Å². The zero-order chi connectivity index (χ0) is 20.8. The summed E-state index contributed by atoms with van der Waals surface area (Å²) < 4.78 is 0. The van der Waals surface area contributed by atoms with Crippen molar-refractivity contribution in [3.63, 3.8) is 0 Å². The first-order valence-corrected chi connectivity index (χ1v) is 9.56. The number of carboxylic acid groups (broad SMARTS) is 1. The summed E-state index contributed by atoms with van der Waals surface area (Å²) >= 11 is 0. The molecule has 2 unspecified atom stereocenters. The minimum absolute atomic E-state index is 0.263. The minimum atomic E-state index is -1.24. The number of aryl methyl sites for hydroxylation is 1.